The van der Waals surface area contributed by atoms with Gasteiger partial charge in [-0.1, -0.05) is 0 Å². The molecule has 4 nitrogen and oxygen atoms in total. The van der Waals surface area contributed by atoms with Gasteiger partial charge in [0.15, 0.2) is 5.82 Å². The maximum Gasteiger partial charge on any atom is 0.417 e. The lowest BCUT2D eigenvalue weighted by Gasteiger charge is -2.24. The summed E-state index contributed by atoms with van der Waals surface area (Å²) in [5, 5.41) is -0.334. The first-order valence-corrected chi connectivity index (χ1v) is 8.40. The van der Waals surface area contributed by atoms with Crippen LogP contribution in [-0.2, 0) is 10.9 Å². The van der Waals surface area contributed by atoms with Gasteiger partial charge in [-0.2, -0.15) is 27.5 Å². The largest absolute Gasteiger partial charge is 0.417 e. The van der Waals surface area contributed by atoms with E-state index in [0.717, 1.165) is 0 Å². The second-order valence-corrected chi connectivity index (χ2v) is 6.92. The molecule has 0 unspecified atom stereocenters. The molecule has 26 heavy (non-hydrogen) atoms. The second kappa shape index (κ2) is 5.95. The summed E-state index contributed by atoms with van der Waals surface area (Å²) in [6.45, 7) is 0.408. The third-order valence-corrected chi connectivity index (χ3v) is 5.36. The minimum atomic E-state index is -4.86. The Kier molecular flexibility index (Phi) is 4.07. The Morgan fingerprint density at radius 3 is 2.65 bits per heavy atom. The molecule has 0 bridgehead atoms. The number of halogens is 7. The Bertz CT molecular complexity index is 892. The van der Waals surface area contributed by atoms with Gasteiger partial charge in [-0.3, -0.25) is 0 Å². The van der Waals surface area contributed by atoms with E-state index in [0.29, 0.717) is 6.07 Å². The molecule has 2 aromatic rings. The monoisotopic (exact) mass is 441 g/mol. The summed E-state index contributed by atoms with van der Waals surface area (Å²) >= 11 is 2.55. The van der Waals surface area contributed by atoms with Crippen LogP contribution in [0.1, 0.15) is 5.56 Å². The molecule has 140 valence electrons. The number of alkyl halides is 4. The van der Waals surface area contributed by atoms with Gasteiger partial charge in [-0.25, -0.2) is 8.78 Å². The van der Waals surface area contributed by atoms with Crippen LogP contribution in [0.2, 0.25) is 0 Å². The van der Waals surface area contributed by atoms with Crippen molar-refractivity contribution in [2.45, 2.75) is 18.4 Å². The van der Waals surface area contributed by atoms with Crippen LogP contribution >= 0.6 is 15.9 Å². The molecular formula is C15H10BrF6N3O. The van der Waals surface area contributed by atoms with E-state index >= 15 is 0 Å². The summed E-state index contributed by atoms with van der Waals surface area (Å²) < 4.78 is 86.3. The number of aromatic nitrogens is 2. The Balaban J connectivity index is 1.96. The Morgan fingerprint density at radius 2 is 1.96 bits per heavy atom. The van der Waals surface area contributed by atoms with Crippen molar-refractivity contribution in [3.63, 3.8) is 0 Å². The average Bonchev–Trinajstić information content (AvgIpc) is 3.24. The predicted molar refractivity (Wildman–Crippen MR) is 82.5 cm³/mol. The van der Waals surface area contributed by atoms with Crippen LogP contribution in [0.3, 0.4) is 0 Å². The first-order chi connectivity index (χ1) is 12.2. The molecule has 3 atom stereocenters. The summed E-state index contributed by atoms with van der Waals surface area (Å²) in [5.41, 5.74) is -1.89. The van der Waals surface area contributed by atoms with Gasteiger partial charge in [0.1, 0.15) is 17.5 Å². The molecule has 11 heteroatoms. The highest BCUT2D eigenvalue weighted by Gasteiger charge is 2.56. The van der Waals surface area contributed by atoms with Gasteiger partial charge in [0.2, 0.25) is 0 Å². The van der Waals surface area contributed by atoms with E-state index in [4.69, 9.17) is 4.74 Å². The predicted octanol–water partition coefficient (Wildman–Crippen LogP) is 3.86. The van der Waals surface area contributed by atoms with Crippen molar-refractivity contribution in [1.82, 2.24) is 9.97 Å². The van der Waals surface area contributed by atoms with E-state index < -0.39 is 51.8 Å². The number of nitrogens with zero attached hydrogens (tertiary/aromatic N) is 3. The minimum Gasteiger partial charge on any atom is -0.379 e. The second-order valence-electron chi connectivity index (χ2n) is 6.13. The quantitative estimate of drug-likeness (QED) is 0.497. The molecule has 1 aliphatic heterocycles. The van der Waals surface area contributed by atoms with E-state index in [-0.39, 0.29) is 31.0 Å². The molecule has 2 aliphatic rings. The maximum absolute atomic E-state index is 14.5. The van der Waals surface area contributed by atoms with Crippen molar-refractivity contribution in [1.29, 1.82) is 0 Å². The van der Waals surface area contributed by atoms with Crippen LogP contribution in [0.25, 0.3) is 10.9 Å². The van der Waals surface area contributed by atoms with E-state index in [1.165, 1.54) is 4.90 Å². The maximum atomic E-state index is 14.5. The molecule has 0 spiro atoms. The van der Waals surface area contributed by atoms with E-state index in [1.54, 1.807) is 0 Å². The van der Waals surface area contributed by atoms with Gasteiger partial charge >= 0.3 is 12.3 Å². The first kappa shape index (κ1) is 17.8. The van der Waals surface area contributed by atoms with E-state index in [9.17, 15) is 26.3 Å². The first-order valence-electron chi connectivity index (χ1n) is 7.61. The number of rotatable bonds is 1. The standard InChI is InChI=1S/C15H10BrF6N3O/c16-8-7(15(20,21)22)3-5-11(10(8)18)23-14(19)24-13(5)25-1-2-26-4-6-9(17)12(6)25/h3,6,9,12H,1-2,4H2/t6-,9-,12-/m0/s1. The zero-order valence-corrected chi connectivity index (χ0v) is 14.4. The lowest BCUT2D eigenvalue weighted by molar-refractivity contribution is -0.138. The van der Waals surface area contributed by atoms with Crippen molar-refractivity contribution in [2.24, 2.45) is 5.92 Å². The van der Waals surface area contributed by atoms with Crippen LogP contribution < -0.4 is 4.90 Å². The van der Waals surface area contributed by atoms with Crippen molar-refractivity contribution in [2.75, 3.05) is 24.7 Å². The number of anilines is 1. The number of ether oxygens (including phenoxy) is 1. The van der Waals surface area contributed by atoms with Crippen LogP contribution in [0.5, 0.6) is 0 Å². The molecule has 1 aromatic carbocycles. The van der Waals surface area contributed by atoms with Crippen molar-refractivity contribution in [3.05, 3.63) is 28.0 Å². The molecule has 1 saturated carbocycles. The lowest BCUT2D eigenvalue weighted by Crippen LogP contribution is -2.32. The lowest BCUT2D eigenvalue weighted by atomic mass is 10.1. The summed E-state index contributed by atoms with van der Waals surface area (Å²) in [6.07, 6.45) is -7.44. The fourth-order valence-corrected chi connectivity index (χ4v) is 3.80. The Labute approximate surface area is 151 Å². The third-order valence-electron chi connectivity index (χ3n) is 4.58. The van der Waals surface area contributed by atoms with E-state index in [1.807, 2.05) is 0 Å². The van der Waals surface area contributed by atoms with Crippen molar-refractivity contribution in [3.8, 4) is 0 Å². The van der Waals surface area contributed by atoms with Gasteiger partial charge in [0.25, 0.3) is 0 Å². The molecule has 0 N–H and O–H groups in total. The molecule has 0 amide bonds. The number of benzene rings is 1. The van der Waals surface area contributed by atoms with Gasteiger partial charge in [-0.05, 0) is 22.0 Å². The molecule has 2 heterocycles. The molecule has 2 fully saturated rings. The summed E-state index contributed by atoms with van der Waals surface area (Å²) in [5.74, 6) is -2.11. The van der Waals surface area contributed by atoms with Crippen molar-refractivity contribution < 1.29 is 31.1 Å². The smallest absolute Gasteiger partial charge is 0.379 e. The van der Waals surface area contributed by atoms with Gasteiger partial charge in [0.05, 0.1) is 29.3 Å². The summed E-state index contributed by atoms with van der Waals surface area (Å²) in [4.78, 5) is 8.18. The van der Waals surface area contributed by atoms with Crippen LogP contribution in [-0.4, -0.2) is 41.9 Å². The van der Waals surface area contributed by atoms with Crippen LogP contribution in [0, 0.1) is 17.8 Å². The van der Waals surface area contributed by atoms with Crippen LogP contribution in [0.4, 0.5) is 32.2 Å². The topological polar surface area (TPSA) is 38.2 Å². The summed E-state index contributed by atoms with van der Waals surface area (Å²) in [7, 11) is 0. The summed E-state index contributed by atoms with van der Waals surface area (Å²) in [6, 6.07) is -0.0516. The number of fused-ring (bicyclic) bond motifs is 2. The van der Waals surface area contributed by atoms with E-state index in [2.05, 4.69) is 25.9 Å². The van der Waals surface area contributed by atoms with Crippen LogP contribution in [0.15, 0.2) is 10.5 Å². The van der Waals surface area contributed by atoms with Gasteiger partial charge < -0.3 is 9.64 Å². The zero-order valence-electron chi connectivity index (χ0n) is 12.8. The minimum absolute atomic E-state index is 0.0895. The fourth-order valence-electron chi connectivity index (χ4n) is 3.27. The molecule has 1 aromatic heterocycles. The third kappa shape index (κ3) is 2.72. The fraction of sp³-hybridized carbons (Fsp3) is 0.467. The molecular weight excluding hydrogens is 432 g/mol. The highest BCUT2D eigenvalue weighted by atomic mass is 79.9. The molecule has 4 rings (SSSR count). The SMILES string of the molecule is Fc1nc(N2CCOC[C@H]3[C@H](F)[C@H]32)c2cc(C(F)(F)F)c(Br)c(F)c2n1. The highest BCUT2D eigenvalue weighted by Crippen LogP contribution is 2.45. The molecule has 1 aliphatic carbocycles. The normalized spacial score (nSPS) is 26.0. The van der Waals surface area contributed by atoms with Gasteiger partial charge in [-0.15, -0.1) is 0 Å². The number of hydrogen-bond donors (Lipinski definition) is 0. The average molecular weight is 442 g/mol. The molecule has 1 saturated heterocycles. The molecule has 0 radical (unpaired) electrons. The number of hydrogen-bond acceptors (Lipinski definition) is 4. The van der Waals surface area contributed by atoms with Crippen molar-refractivity contribution >= 4 is 32.7 Å². The van der Waals surface area contributed by atoms with Gasteiger partial charge in [0, 0.05) is 17.8 Å². The zero-order chi connectivity index (χ0) is 18.8. The Morgan fingerprint density at radius 1 is 1.23 bits per heavy atom. The highest BCUT2D eigenvalue weighted by molar-refractivity contribution is 9.10. The Hall–Kier alpha value is -1.62.